The van der Waals surface area contributed by atoms with Gasteiger partial charge in [-0.2, -0.15) is 9.66 Å². The molecule has 116 valence electrons. The fourth-order valence-corrected chi connectivity index (χ4v) is 3.73. The van der Waals surface area contributed by atoms with E-state index in [0.717, 1.165) is 33.6 Å². The molecule has 0 aliphatic heterocycles. The van der Waals surface area contributed by atoms with Crippen molar-refractivity contribution in [1.29, 1.82) is 5.26 Å². The van der Waals surface area contributed by atoms with Gasteiger partial charge in [0, 0.05) is 6.07 Å². The van der Waals surface area contributed by atoms with Crippen molar-refractivity contribution in [2.75, 3.05) is 5.32 Å². The second-order valence-corrected chi connectivity index (χ2v) is 6.50. The average molecular weight is 305 g/mol. The number of aryl methyl sites for hydroxylation is 1. The van der Waals surface area contributed by atoms with E-state index < -0.39 is 0 Å². The van der Waals surface area contributed by atoms with Crippen molar-refractivity contribution in [3.05, 3.63) is 41.5 Å². The monoisotopic (exact) mass is 305 g/mol. The Morgan fingerprint density at radius 2 is 2.00 bits per heavy atom. The first kappa shape index (κ1) is 14.1. The molecule has 0 saturated heterocycles. The van der Waals surface area contributed by atoms with Gasteiger partial charge in [0.05, 0.1) is 6.04 Å². The molecule has 0 amide bonds. The van der Waals surface area contributed by atoms with Crippen LogP contribution in [0.25, 0.3) is 16.7 Å². The lowest BCUT2D eigenvalue weighted by molar-refractivity contribution is -0.465. The van der Waals surface area contributed by atoms with E-state index in [9.17, 15) is 5.26 Å². The van der Waals surface area contributed by atoms with E-state index in [-0.39, 0.29) is 0 Å². The summed E-state index contributed by atoms with van der Waals surface area (Å²) in [5.41, 5.74) is 4.78. The molecule has 1 aromatic carbocycles. The van der Waals surface area contributed by atoms with Crippen LogP contribution in [0, 0.1) is 18.3 Å². The Morgan fingerprint density at radius 3 is 2.78 bits per heavy atom. The van der Waals surface area contributed by atoms with Crippen molar-refractivity contribution in [2.24, 2.45) is 0 Å². The van der Waals surface area contributed by atoms with Crippen LogP contribution < -0.4 is 9.72 Å². The summed E-state index contributed by atoms with van der Waals surface area (Å²) in [4.78, 5) is 3.42. The summed E-state index contributed by atoms with van der Waals surface area (Å²) in [5.74, 6) is 1.08. The Bertz CT molecular complexity index is 910. The van der Waals surface area contributed by atoms with Crippen LogP contribution in [-0.2, 0) is 0 Å². The molecule has 0 spiro atoms. The fraction of sp³-hybridized carbons (Fsp3) is 0.368. The van der Waals surface area contributed by atoms with Crippen molar-refractivity contribution in [3.8, 4) is 6.07 Å². The van der Waals surface area contributed by atoms with Crippen LogP contribution in [0.2, 0.25) is 0 Å². The number of imidazole rings is 1. The highest BCUT2D eigenvalue weighted by molar-refractivity contribution is 5.77. The highest BCUT2D eigenvalue weighted by Crippen LogP contribution is 2.24. The van der Waals surface area contributed by atoms with E-state index in [1.807, 2.05) is 19.1 Å². The standard InChI is InChI=1S/C19H20N4/c1-13-11-18(21-14-7-3-2-4-8-14)23-17-10-6-5-9-16(17)22-19(23)15(13)12-20/h5-6,9-11,14H,2-4,7-8H2,1H3,(H,21,22)/p+1. The SMILES string of the molecule is Cc1cc(NC2CCCCC2)[n+]2c([nH]c3ccccc32)c1C#N. The molecule has 3 aromatic rings. The zero-order valence-electron chi connectivity index (χ0n) is 13.4. The van der Waals surface area contributed by atoms with E-state index in [2.05, 4.69) is 39.0 Å². The number of para-hydroxylation sites is 2. The van der Waals surface area contributed by atoms with Crippen LogP contribution in [0.3, 0.4) is 0 Å². The van der Waals surface area contributed by atoms with E-state index in [0.29, 0.717) is 6.04 Å². The van der Waals surface area contributed by atoms with Crippen LogP contribution in [0.4, 0.5) is 5.82 Å². The van der Waals surface area contributed by atoms with Crippen molar-refractivity contribution in [1.82, 2.24) is 4.98 Å². The molecule has 0 unspecified atom stereocenters. The normalized spacial score (nSPS) is 15.8. The summed E-state index contributed by atoms with van der Waals surface area (Å²) in [6.07, 6.45) is 6.40. The quantitative estimate of drug-likeness (QED) is 0.707. The number of aromatic amines is 1. The minimum Gasteiger partial charge on any atom is -0.303 e. The molecular weight excluding hydrogens is 284 g/mol. The minimum absolute atomic E-state index is 0.528. The fourth-order valence-electron chi connectivity index (χ4n) is 3.73. The summed E-state index contributed by atoms with van der Waals surface area (Å²) >= 11 is 0. The van der Waals surface area contributed by atoms with E-state index in [4.69, 9.17) is 0 Å². The zero-order chi connectivity index (χ0) is 15.8. The van der Waals surface area contributed by atoms with Gasteiger partial charge in [-0.1, -0.05) is 31.4 Å². The Labute approximate surface area is 135 Å². The molecule has 0 bridgehead atoms. The second kappa shape index (κ2) is 5.58. The number of nitrogens with zero attached hydrogens (tertiary/aromatic N) is 2. The van der Waals surface area contributed by atoms with Gasteiger partial charge < -0.3 is 5.32 Å². The van der Waals surface area contributed by atoms with Gasteiger partial charge in [0.15, 0.2) is 0 Å². The smallest absolute Gasteiger partial charge is 0.250 e. The number of fused-ring (bicyclic) bond motifs is 3. The number of nitriles is 1. The first-order valence-electron chi connectivity index (χ1n) is 8.40. The summed E-state index contributed by atoms with van der Waals surface area (Å²) in [5, 5.41) is 13.3. The molecule has 2 aromatic heterocycles. The van der Waals surface area contributed by atoms with Crippen molar-refractivity contribution in [2.45, 2.75) is 45.1 Å². The molecule has 4 rings (SSSR count). The molecule has 4 nitrogen and oxygen atoms in total. The predicted octanol–water partition coefficient (Wildman–Crippen LogP) is 3.83. The van der Waals surface area contributed by atoms with Crippen molar-refractivity contribution >= 4 is 22.5 Å². The Balaban J connectivity index is 1.93. The van der Waals surface area contributed by atoms with Gasteiger partial charge in [0.25, 0.3) is 0 Å². The number of rotatable bonds is 2. The lowest BCUT2D eigenvalue weighted by Crippen LogP contribution is -2.32. The van der Waals surface area contributed by atoms with Crippen LogP contribution in [0.15, 0.2) is 30.3 Å². The summed E-state index contributed by atoms with van der Waals surface area (Å²) < 4.78 is 2.16. The van der Waals surface area contributed by atoms with Crippen molar-refractivity contribution < 1.29 is 4.40 Å². The van der Waals surface area contributed by atoms with Gasteiger partial charge in [-0.3, -0.25) is 4.98 Å². The highest BCUT2D eigenvalue weighted by Gasteiger charge is 2.23. The summed E-state index contributed by atoms with van der Waals surface area (Å²) in [6.45, 7) is 2.01. The first-order valence-corrected chi connectivity index (χ1v) is 8.40. The van der Waals surface area contributed by atoms with Gasteiger partial charge in [-0.15, -0.1) is 0 Å². The lowest BCUT2D eigenvalue weighted by Gasteiger charge is -2.21. The van der Waals surface area contributed by atoms with Gasteiger partial charge in [-0.05, 0) is 37.5 Å². The van der Waals surface area contributed by atoms with E-state index >= 15 is 0 Å². The molecule has 1 fully saturated rings. The van der Waals surface area contributed by atoms with Gasteiger partial charge in [0.1, 0.15) is 22.7 Å². The number of benzene rings is 1. The van der Waals surface area contributed by atoms with Crippen LogP contribution in [-0.4, -0.2) is 11.0 Å². The maximum absolute atomic E-state index is 9.55. The lowest BCUT2D eigenvalue weighted by atomic mass is 9.95. The van der Waals surface area contributed by atoms with Gasteiger partial charge >= 0.3 is 0 Å². The first-order chi connectivity index (χ1) is 11.3. The number of anilines is 1. The molecular formula is C19H21N4+. The molecule has 1 saturated carbocycles. The molecule has 2 N–H and O–H groups in total. The Hall–Kier alpha value is -2.54. The zero-order valence-corrected chi connectivity index (χ0v) is 13.4. The van der Waals surface area contributed by atoms with Gasteiger partial charge in [0.2, 0.25) is 11.5 Å². The van der Waals surface area contributed by atoms with E-state index in [1.54, 1.807) is 0 Å². The number of H-pyrrole nitrogens is 1. The Morgan fingerprint density at radius 1 is 1.22 bits per heavy atom. The maximum atomic E-state index is 9.55. The molecule has 23 heavy (non-hydrogen) atoms. The topological polar surface area (TPSA) is 55.7 Å². The number of hydrogen-bond donors (Lipinski definition) is 2. The molecule has 0 atom stereocenters. The number of nitrogens with one attached hydrogen (secondary N) is 2. The third-order valence-corrected chi connectivity index (χ3v) is 4.92. The predicted molar refractivity (Wildman–Crippen MR) is 91.4 cm³/mol. The minimum atomic E-state index is 0.528. The highest BCUT2D eigenvalue weighted by atomic mass is 15.1. The average Bonchev–Trinajstić information content (AvgIpc) is 2.95. The largest absolute Gasteiger partial charge is 0.303 e. The van der Waals surface area contributed by atoms with Crippen molar-refractivity contribution in [3.63, 3.8) is 0 Å². The molecule has 1 aliphatic rings. The number of pyridine rings is 1. The Kier molecular flexibility index (Phi) is 3.42. The third kappa shape index (κ3) is 2.33. The molecule has 4 heteroatoms. The molecule has 2 heterocycles. The molecule has 1 aliphatic carbocycles. The summed E-state index contributed by atoms with van der Waals surface area (Å²) in [6, 6.07) is 13.2. The third-order valence-electron chi connectivity index (χ3n) is 4.92. The summed E-state index contributed by atoms with van der Waals surface area (Å²) in [7, 11) is 0. The maximum Gasteiger partial charge on any atom is 0.250 e. The number of hydrogen-bond acceptors (Lipinski definition) is 2. The van der Waals surface area contributed by atoms with Crippen LogP contribution in [0.5, 0.6) is 0 Å². The van der Waals surface area contributed by atoms with Gasteiger partial charge in [-0.25, -0.2) is 0 Å². The number of aromatic nitrogens is 2. The second-order valence-electron chi connectivity index (χ2n) is 6.50. The molecule has 0 radical (unpaired) electrons. The van der Waals surface area contributed by atoms with Crippen LogP contribution in [0.1, 0.15) is 43.2 Å². The van der Waals surface area contributed by atoms with E-state index in [1.165, 1.54) is 32.1 Å². The van der Waals surface area contributed by atoms with Crippen LogP contribution >= 0.6 is 0 Å².